The zero-order valence-electron chi connectivity index (χ0n) is 15.8. The van der Waals surface area contributed by atoms with E-state index < -0.39 is 0 Å². The van der Waals surface area contributed by atoms with Gasteiger partial charge in [-0.2, -0.15) is 0 Å². The van der Waals surface area contributed by atoms with Gasteiger partial charge in [-0.05, 0) is 37.9 Å². The monoisotopic (exact) mass is 368 g/mol. The Bertz CT molecular complexity index is 738. The number of likely N-dealkylation sites (tertiary alicyclic amines) is 1. The molecule has 0 bridgehead atoms. The van der Waals surface area contributed by atoms with Gasteiger partial charge in [0, 0.05) is 31.9 Å². The van der Waals surface area contributed by atoms with Gasteiger partial charge in [-0.25, -0.2) is 14.8 Å². The number of hydrogen-bond acceptors (Lipinski definition) is 5. The van der Waals surface area contributed by atoms with Crippen molar-refractivity contribution < 1.29 is 4.79 Å². The van der Waals surface area contributed by atoms with Crippen molar-refractivity contribution in [1.82, 2.24) is 25.1 Å². The van der Waals surface area contributed by atoms with Crippen LogP contribution in [0, 0.1) is 0 Å². The van der Waals surface area contributed by atoms with Crippen molar-refractivity contribution in [3.8, 4) is 0 Å². The molecule has 1 aromatic carbocycles. The van der Waals surface area contributed by atoms with Crippen LogP contribution in [-0.2, 0) is 13.1 Å². The molecule has 1 aliphatic heterocycles. The van der Waals surface area contributed by atoms with Crippen LogP contribution >= 0.6 is 0 Å². The van der Waals surface area contributed by atoms with Gasteiger partial charge in [-0.1, -0.05) is 30.3 Å². The van der Waals surface area contributed by atoms with Crippen LogP contribution in [0.1, 0.15) is 30.7 Å². The maximum Gasteiger partial charge on any atom is 0.317 e. The van der Waals surface area contributed by atoms with Gasteiger partial charge in [-0.3, -0.25) is 4.90 Å². The molecule has 1 saturated heterocycles. The summed E-state index contributed by atoms with van der Waals surface area (Å²) in [7, 11) is 2.09. The Labute approximate surface area is 160 Å². The molecule has 1 fully saturated rings. The molecule has 2 aromatic rings. The molecular formula is C20H28N6O. The Morgan fingerprint density at radius 3 is 2.85 bits per heavy atom. The molecule has 0 saturated carbocycles. The first-order valence-corrected chi connectivity index (χ1v) is 9.46. The quantitative estimate of drug-likeness (QED) is 0.845. The molecule has 2 amide bonds. The predicted molar refractivity (Wildman–Crippen MR) is 106 cm³/mol. The summed E-state index contributed by atoms with van der Waals surface area (Å²) in [6.07, 6.45) is 4.68. The second-order valence-electron chi connectivity index (χ2n) is 7.03. The standard InChI is InChI=1S/C20H28N6O/c1-25(15-19-22-11-9-18(21)24-19)17-8-5-12-26(13-10-17)20(27)23-14-16-6-3-2-4-7-16/h2-4,6-7,9,11,17H,5,8,10,12-15H2,1H3,(H,23,27)(H2,21,22,24)/t17-/m0/s1. The van der Waals surface area contributed by atoms with E-state index in [0.29, 0.717) is 24.9 Å². The van der Waals surface area contributed by atoms with Crippen LogP contribution in [0.5, 0.6) is 0 Å². The van der Waals surface area contributed by atoms with Gasteiger partial charge in [0.15, 0.2) is 0 Å². The number of benzene rings is 1. The molecular weight excluding hydrogens is 340 g/mol. The molecule has 3 N–H and O–H groups in total. The highest BCUT2D eigenvalue weighted by Gasteiger charge is 2.23. The SMILES string of the molecule is CN(Cc1nccc(N)n1)[C@H]1CCCN(C(=O)NCc2ccccc2)CC1. The predicted octanol–water partition coefficient (Wildman–Crippen LogP) is 2.25. The van der Waals surface area contributed by atoms with E-state index in [1.54, 1.807) is 12.3 Å². The Kier molecular flexibility index (Phi) is 6.59. The van der Waals surface area contributed by atoms with E-state index in [1.165, 1.54) is 0 Å². The van der Waals surface area contributed by atoms with E-state index in [9.17, 15) is 4.79 Å². The molecule has 1 atom stereocenters. The van der Waals surface area contributed by atoms with E-state index in [2.05, 4.69) is 27.2 Å². The largest absolute Gasteiger partial charge is 0.384 e. The van der Waals surface area contributed by atoms with Gasteiger partial charge < -0.3 is 16.0 Å². The Balaban J connectivity index is 1.48. The lowest BCUT2D eigenvalue weighted by molar-refractivity contribution is 0.190. The number of nitrogen functional groups attached to an aromatic ring is 1. The fourth-order valence-corrected chi connectivity index (χ4v) is 3.45. The first kappa shape index (κ1) is 19.1. The lowest BCUT2D eigenvalue weighted by Crippen LogP contribution is -2.40. The van der Waals surface area contributed by atoms with Crippen molar-refractivity contribution in [2.75, 3.05) is 25.9 Å². The van der Waals surface area contributed by atoms with Crippen LogP contribution in [0.4, 0.5) is 10.6 Å². The van der Waals surface area contributed by atoms with Crippen LogP contribution in [0.3, 0.4) is 0 Å². The van der Waals surface area contributed by atoms with Crippen LogP contribution in [0.15, 0.2) is 42.6 Å². The maximum absolute atomic E-state index is 12.5. The van der Waals surface area contributed by atoms with Crippen LogP contribution in [-0.4, -0.2) is 52.0 Å². The van der Waals surface area contributed by atoms with Crippen molar-refractivity contribution in [3.05, 3.63) is 54.0 Å². The third kappa shape index (κ3) is 5.65. The highest BCUT2D eigenvalue weighted by Crippen LogP contribution is 2.17. The van der Waals surface area contributed by atoms with E-state index >= 15 is 0 Å². The van der Waals surface area contributed by atoms with Crippen molar-refractivity contribution in [3.63, 3.8) is 0 Å². The van der Waals surface area contributed by atoms with Crippen molar-refractivity contribution in [2.45, 2.75) is 38.4 Å². The fraction of sp³-hybridized carbons (Fsp3) is 0.450. The van der Waals surface area contributed by atoms with Crippen LogP contribution < -0.4 is 11.1 Å². The number of nitrogens with zero attached hydrogens (tertiary/aromatic N) is 4. The van der Waals surface area contributed by atoms with Gasteiger partial charge in [0.05, 0.1) is 6.54 Å². The van der Waals surface area contributed by atoms with Gasteiger partial charge in [0.2, 0.25) is 0 Å². The first-order valence-electron chi connectivity index (χ1n) is 9.46. The van der Waals surface area contributed by atoms with Crippen LogP contribution in [0.2, 0.25) is 0 Å². The number of amides is 2. The lowest BCUT2D eigenvalue weighted by atomic mass is 10.1. The zero-order valence-corrected chi connectivity index (χ0v) is 15.8. The molecule has 0 aliphatic carbocycles. The smallest absolute Gasteiger partial charge is 0.317 e. The van der Waals surface area contributed by atoms with Gasteiger partial charge in [0.25, 0.3) is 0 Å². The maximum atomic E-state index is 12.5. The summed E-state index contributed by atoms with van der Waals surface area (Å²) < 4.78 is 0. The summed E-state index contributed by atoms with van der Waals surface area (Å²) in [5.74, 6) is 1.23. The Morgan fingerprint density at radius 1 is 1.26 bits per heavy atom. The number of nitrogens with two attached hydrogens (primary N) is 1. The molecule has 144 valence electrons. The molecule has 1 aromatic heterocycles. The molecule has 7 nitrogen and oxygen atoms in total. The molecule has 3 rings (SSSR count). The molecule has 0 unspecified atom stereocenters. The van der Waals surface area contributed by atoms with Crippen molar-refractivity contribution in [1.29, 1.82) is 0 Å². The first-order chi connectivity index (χ1) is 13.1. The van der Waals surface area contributed by atoms with Gasteiger partial charge in [0.1, 0.15) is 11.6 Å². The number of anilines is 1. The van der Waals surface area contributed by atoms with Gasteiger partial charge >= 0.3 is 6.03 Å². The van der Waals surface area contributed by atoms with Crippen molar-refractivity contribution in [2.24, 2.45) is 0 Å². The number of urea groups is 1. The summed E-state index contributed by atoms with van der Waals surface area (Å²) in [6.45, 7) is 2.77. The van der Waals surface area contributed by atoms with Gasteiger partial charge in [-0.15, -0.1) is 0 Å². The molecule has 2 heterocycles. The Hall–Kier alpha value is -2.67. The summed E-state index contributed by atoms with van der Waals surface area (Å²) >= 11 is 0. The van der Waals surface area contributed by atoms with Crippen LogP contribution in [0.25, 0.3) is 0 Å². The zero-order chi connectivity index (χ0) is 19.1. The Morgan fingerprint density at radius 2 is 2.07 bits per heavy atom. The van der Waals surface area contributed by atoms with E-state index in [4.69, 9.17) is 5.73 Å². The number of carbonyl (C=O) groups is 1. The van der Waals surface area contributed by atoms with E-state index in [-0.39, 0.29) is 6.03 Å². The molecule has 27 heavy (non-hydrogen) atoms. The molecule has 1 aliphatic rings. The highest BCUT2D eigenvalue weighted by molar-refractivity contribution is 5.74. The number of hydrogen-bond donors (Lipinski definition) is 2. The third-order valence-corrected chi connectivity index (χ3v) is 5.01. The number of carbonyl (C=O) groups excluding carboxylic acids is 1. The summed E-state index contributed by atoms with van der Waals surface area (Å²) in [5, 5.41) is 3.03. The number of rotatable bonds is 5. The normalized spacial score (nSPS) is 17.6. The lowest BCUT2D eigenvalue weighted by Gasteiger charge is -2.26. The van der Waals surface area contributed by atoms with E-state index in [1.807, 2.05) is 35.2 Å². The molecule has 0 radical (unpaired) electrons. The highest BCUT2D eigenvalue weighted by atomic mass is 16.2. The second-order valence-corrected chi connectivity index (χ2v) is 7.03. The molecule has 7 heteroatoms. The summed E-state index contributed by atoms with van der Waals surface area (Å²) in [6, 6.07) is 12.1. The molecule has 0 spiro atoms. The average Bonchev–Trinajstić information content (AvgIpc) is 2.93. The summed E-state index contributed by atoms with van der Waals surface area (Å²) in [4.78, 5) is 25.3. The van der Waals surface area contributed by atoms with Crippen molar-refractivity contribution >= 4 is 11.8 Å². The minimum absolute atomic E-state index is 0.0151. The second kappa shape index (κ2) is 9.32. The third-order valence-electron chi connectivity index (χ3n) is 5.01. The average molecular weight is 368 g/mol. The van der Waals surface area contributed by atoms with E-state index in [0.717, 1.165) is 43.7 Å². The topological polar surface area (TPSA) is 87.4 Å². The minimum atomic E-state index is 0.0151. The number of aromatic nitrogens is 2. The fourth-order valence-electron chi connectivity index (χ4n) is 3.45. The summed E-state index contributed by atoms with van der Waals surface area (Å²) in [5.41, 5.74) is 6.85. The minimum Gasteiger partial charge on any atom is -0.384 e. The number of nitrogens with one attached hydrogen (secondary N) is 1.